The molecular formula is C13H27N3O3S. The second kappa shape index (κ2) is 6.70. The number of morpholine rings is 1. The third-order valence-corrected chi connectivity index (χ3v) is 6.23. The van der Waals surface area contributed by atoms with E-state index in [0.29, 0.717) is 32.2 Å². The third kappa shape index (κ3) is 3.51. The lowest BCUT2D eigenvalue weighted by molar-refractivity contribution is -0.0195. The van der Waals surface area contributed by atoms with Gasteiger partial charge in [0.25, 0.3) is 10.2 Å². The number of piperidine rings is 1. The highest BCUT2D eigenvalue weighted by Gasteiger charge is 2.38. The van der Waals surface area contributed by atoms with Gasteiger partial charge in [-0.3, -0.25) is 0 Å². The fourth-order valence-electron chi connectivity index (χ4n) is 3.03. The lowest BCUT2D eigenvalue weighted by atomic mass is 10.00. The largest absolute Gasteiger partial charge is 0.375 e. The highest BCUT2D eigenvalue weighted by Crippen LogP contribution is 2.24. The van der Waals surface area contributed by atoms with Crippen molar-refractivity contribution in [3.63, 3.8) is 0 Å². The summed E-state index contributed by atoms with van der Waals surface area (Å²) in [6.45, 7) is 6.92. The van der Waals surface area contributed by atoms with E-state index in [0.717, 1.165) is 19.4 Å². The first-order chi connectivity index (χ1) is 9.45. The molecule has 0 spiro atoms. The van der Waals surface area contributed by atoms with Gasteiger partial charge in [0.05, 0.1) is 12.7 Å². The Bertz CT molecular complexity index is 413. The van der Waals surface area contributed by atoms with E-state index in [-0.39, 0.29) is 12.1 Å². The number of hydrogen-bond acceptors (Lipinski definition) is 4. The topological polar surface area (TPSA) is 61.9 Å². The first-order valence-electron chi connectivity index (χ1n) is 7.48. The minimum Gasteiger partial charge on any atom is -0.375 e. The first kappa shape index (κ1) is 16.2. The van der Waals surface area contributed by atoms with Crippen molar-refractivity contribution < 1.29 is 13.2 Å². The summed E-state index contributed by atoms with van der Waals surface area (Å²) in [6, 6.07) is -0.0825. The van der Waals surface area contributed by atoms with Crippen molar-refractivity contribution in [2.24, 2.45) is 5.92 Å². The van der Waals surface area contributed by atoms with Crippen molar-refractivity contribution in [2.75, 3.05) is 39.8 Å². The van der Waals surface area contributed by atoms with Crippen LogP contribution < -0.4 is 5.32 Å². The van der Waals surface area contributed by atoms with Gasteiger partial charge in [0.15, 0.2) is 0 Å². The Morgan fingerprint density at radius 3 is 2.75 bits per heavy atom. The van der Waals surface area contributed by atoms with E-state index in [1.807, 2.05) is 20.9 Å². The van der Waals surface area contributed by atoms with Crippen LogP contribution in [0, 0.1) is 5.92 Å². The summed E-state index contributed by atoms with van der Waals surface area (Å²) >= 11 is 0. The van der Waals surface area contributed by atoms with Crippen LogP contribution in [0.1, 0.15) is 26.7 Å². The molecule has 0 aromatic carbocycles. The van der Waals surface area contributed by atoms with Crippen LogP contribution in [0.5, 0.6) is 0 Å². The standard InChI is InChI=1S/C13H27N3O3S/c1-11-10-19-12(2)8-16(11)20(17,18)15-6-4-5-13(9-15)7-14-3/h11-14H,4-10H2,1-3H3. The first-order valence-corrected chi connectivity index (χ1v) is 8.88. The SMILES string of the molecule is CNCC1CCCN(S(=O)(=O)N2CC(C)OCC2C)C1. The molecule has 0 bridgehead atoms. The summed E-state index contributed by atoms with van der Waals surface area (Å²) in [7, 11) is -1.44. The molecule has 3 atom stereocenters. The zero-order valence-electron chi connectivity index (χ0n) is 12.7. The van der Waals surface area contributed by atoms with Crippen molar-refractivity contribution in [1.29, 1.82) is 0 Å². The monoisotopic (exact) mass is 305 g/mol. The summed E-state index contributed by atoms with van der Waals surface area (Å²) in [5, 5.41) is 3.15. The maximum absolute atomic E-state index is 12.8. The second-order valence-electron chi connectivity index (χ2n) is 5.99. The number of ether oxygens (including phenoxy) is 1. The maximum atomic E-state index is 12.8. The van der Waals surface area contributed by atoms with Crippen LogP contribution in [0.3, 0.4) is 0 Å². The molecule has 2 aliphatic heterocycles. The lowest BCUT2D eigenvalue weighted by Crippen LogP contribution is -2.56. The van der Waals surface area contributed by atoms with Gasteiger partial charge < -0.3 is 10.1 Å². The van der Waals surface area contributed by atoms with E-state index in [1.165, 1.54) is 0 Å². The van der Waals surface area contributed by atoms with Gasteiger partial charge in [-0.1, -0.05) is 0 Å². The van der Waals surface area contributed by atoms with Crippen LogP contribution in [0.4, 0.5) is 0 Å². The van der Waals surface area contributed by atoms with Crippen molar-refractivity contribution in [3.8, 4) is 0 Å². The molecule has 2 heterocycles. The predicted octanol–water partition coefficient (Wildman–Crippen LogP) is 0.272. The zero-order chi connectivity index (χ0) is 14.8. The molecule has 1 N–H and O–H groups in total. The van der Waals surface area contributed by atoms with Crippen LogP contribution in [0.2, 0.25) is 0 Å². The molecule has 0 amide bonds. The number of hydrogen-bond donors (Lipinski definition) is 1. The smallest absolute Gasteiger partial charge is 0.282 e. The van der Waals surface area contributed by atoms with Crippen molar-refractivity contribution >= 4 is 10.2 Å². The highest BCUT2D eigenvalue weighted by molar-refractivity contribution is 7.86. The fourth-order valence-corrected chi connectivity index (χ4v) is 5.00. The molecule has 0 saturated carbocycles. The van der Waals surface area contributed by atoms with Crippen LogP contribution >= 0.6 is 0 Å². The van der Waals surface area contributed by atoms with E-state index in [2.05, 4.69) is 5.32 Å². The predicted molar refractivity (Wildman–Crippen MR) is 78.7 cm³/mol. The summed E-state index contributed by atoms with van der Waals surface area (Å²) in [4.78, 5) is 0. The Labute approximate surface area is 122 Å². The zero-order valence-corrected chi connectivity index (χ0v) is 13.5. The molecule has 0 aromatic rings. The van der Waals surface area contributed by atoms with Gasteiger partial charge in [0.2, 0.25) is 0 Å². The van der Waals surface area contributed by atoms with E-state index >= 15 is 0 Å². The highest BCUT2D eigenvalue weighted by atomic mass is 32.2. The molecule has 3 unspecified atom stereocenters. The van der Waals surface area contributed by atoms with Gasteiger partial charge in [0.1, 0.15) is 0 Å². The van der Waals surface area contributed by atoms with Crippen LogP contribution in [0.15, 0.2) is 0 Å². The van der Waals surface area contributed by atoms with Gasteiger partial charge in [-0.2, -0.15) is 17.0 Å². The Kier molecular flexibility index (Phi) is 5.42. The van der Waals surface area contributed by atoms with Crippen LogP contribution in [0.25, 0.3) is 0 Å². The molecule has 2 aliphatic rings. The van der Waals surface area contributed by atoms with Crippen molar-refractivity contribution in [2.45, 2.75) is 38.8 Å². The molecule has 0 radical (unpaired) electrons. The molecule has 20 heavy (non-hydrogen) atoms. The van der Waals surface area contributed by atoms with Gasteiger partial charge in [-0.05, 0) is 46.2 Å². The normalized spacial score (nSPS) is 34.2. The Morgan fingerprint density at radius 2 is 2.05 bits per heavy atom. The fraction of sp³-hybridized carbons (Fsp3) is 1.00. The van der Waals surface area contributed by atoms with E-state index in [9.17, 15) is 8.42 Å². The maximum Gasteiger partial charge on any atom is 0.282 e. The molecule has 2 saturated heterocycles. The van der Waals surface area contributed by atoms with Crippen LogP contribution in [-0.4, -0.2) is 69.0 Å². The number of rotatable bonds is 4. The minimum atomic E-state index is -3.36. The van der Waals surface area contributed by atoms with Crippen molar-refractivity contribution in [3.05, 3.63) is 0 Å². The van der Waals surface area contributed by atoms with Crippen LogP contribution in [-0.2, 0) is 14.9 Å². The van der Waals surface area contributed by atoms with E-state index in [1.54, 1.807) is 8.61 Å². The minimum absolute atomic E-state index is 0.0288. The second-order valence-corrected chi connectivity index (χ2v) is 7.88. The van der Waals surface area contributed by atoms with E-state index < -0.39 is 10.2 Å². The molecular weight excluding hydrogens is 278 g/mol. The third-order valence-electron chi connectivity index (χ3n) is 4.15. The molecule has 6 nitrogen and oxygen atoms in total. The molecule has 0 aromatic heterocycles. The van der Waals surface area contributed by atoms with Crippen molar-refractivity contribution in [1.82, 2.24) is 13.9 Å². The Hall–Kier alpha value is -0.210. The van der Waals surface area contributed by atoms with Gasteiger partial charge in [0, 0.05) is 25.7 Å². The average molecular weight is 305 g/mol. The van der Waals surface area contributed by atoms with E-state index in [4.69, 9.17) is 4.74 Å². The molecule has 7 heteroatoms. The summed E-state index contributed by atoms with van der Waals surface area (Å²) in [6.07, 6.45) is 2.01. The summed E-state index contributed by atoms with van der Waals surface area (Å²) in [5.41, 5.74) is 0. The number of nitrogens with one attached hydrogen (secondary N) is 1. The van der Waals surface area contributed by atoms with Gasteiger partial charge >= 0.3 is 0 Å². The molecule has 2 fully saturated rings. The average Bonchev–Trinajstić information content (AvgIpc) is 2.42. The quantitative estimate of drug-likeness (QED) is 0.810. The Balaban J connectivity index is 2.08. The number of nitrogens with zero attached hydrogens (tertiary/aromatic N) is 2. The molecule has 2 rings (SSSR count). The Morgan fingerprint density at radius 1 is 1.30 bits per heavy atom. The molecule has 118 valence electrons. The molecule has 0 aliphatic carbocycles. The summed E-state index contributed by atoms with van der Waals surface area (Å²) in [5.74, 6) is 0.414. The summed E-state index contributed by atoms with van der Waals surface area (Å²) < 4.78 is 34.4. The van der Waals surface area contributed by atoms with Gasteiger partial charge in [-0.15, -0.1) is 0 Å². The van der Waals surface area contributed by atoms with Gasteiger partial charge in [-0.25, -0.2) is 0 Å². The lowest BCUT2D eigenvalue weighted by Gasteiger charge is -2.41.